The predicted molar refractivity (Wildman–Crippen MR) is 187 cm³/mol. The number of ether oxygens (including phenoxy) is 1. The van der Waals surface area contributed by atoms with Crippen LogP contribution in [0.5, 0.6) is 11.5 Å². The van der Waals surface area contributed by atoms with Crippen molar-refractivity contribution >= 4 is 40.3 Å². The molecule has 0 aliphatic carbocycles. The van der Waals surface area contributed by atoms with Gasteiger partial charge in [-0.15, -0.1) is 0 Å². The van der Waals surface area contributed by atoms with E-state index in [0.717, 1.165) is 40.0 Å². The van der Waals surface area contributed by atoms with E-state index in [1.54, 1.807) is 18.0 Å². The number of aromatic nitrogens is 1. The number of aryl methyl sites for hydroxylation is 1. The summed E-state index contributed by atoms with van der Waals surface area (Å²) in [4.78, 5) is 23.6. The van der Waals surface area contributed by atoms with Crippen LogP contribution in [0.3, 0.4) is 0 Å². The third kappa shape index (κ3) is 7.53. The number of carboxylic acid groups (broad SMARTS) is 1. The molecular weight excluding hydrogens is 618 g/mol. The van der Waals surface area contributed by atoms with Crippen molar-refractivity contribution in [1.82, 2.24) is 4.98 Å². The molecule has 4 aromatic rings. The molecule has 2 unspecified atom stereocenters. The van der Waals surface area contributed by atoms with E-state index in [-0.39, 0.29) is 46.5 Å². The zero-order valence-corrected chi connectivity index (χ0v) is 28.3. The minimum absolute atomic E-state index is 0.00168. The highest BCUT2D eigenvalue weighted by Gasteiger charge is 2.35. The first-order valence-corrected chi connectivity index (χ1v) is 16.9. The highest BCUT2D eigenvalue weighted by molar-refractivity contribution is 7.99. The number of nitrogens with one attached hydrogen (secondary N) is 1. The normalized spacial score (nSPS) is 20.6. The molecule has 2 atom stereocenters. The van der Waals surface area contributed by atoms with Crippen molar-refractivity contribution in [2.45, 2.75) is 64.7 Å². The number of nitrogens with zero attached hydrogens (tertiary/aromatic N) is 2. The quantitative estimate of drug-likeness (QED) is 0.203. The van der Waals surface area contributed by atoms with Gasteiger partial charge >= 0.3 is 5.97 Å². The number of benzene rings is 3. The molecule has 10 heteroatoms. The van der Waals surface area contributed by atoms with E-state index >= 15 is 8.78 Å². The molecular formula is C37H42F2N4O3S. The number of aliphatic carboxylic acids is 1. The van der Waals surface area contributed by atoms with Gasteiger partial charge in [-0.3, -0.25) is 9.79 Å². The molecule has 0 radical (unpaired) electrons. The average Bonchev–Trinajstić information content (AvgIpc) is 3.50. The fourth-order valence-corrected chi connectivity index (χ4v) is 7.27. The Hall–Kier alpha value is -4.18. The van der Waals surface area contributed by atoms with Gasteiger partial charge in [0.15, 0.2) is 17.4 Å². The smallest absolute Gasteiger partial charge is 0.303 e. The summed E-state index contributed by atoms with van der Waals surface area (Å²) in [7, 11) is 1.52. The van der Waals surface area contributed by atoms with Gasteiger partial charge in [0.25, 0.3) is 0 Å². The SMILES string of the molecule is CN=C1N=C(N)C(C)(c2cccc(C(C)CC(=O)O)c2)CCC(C)(C)CSCCc2c(c(F)cc3[nH]ccc23)Oc2ccc(F)c1c2. The van der Waals surface area contributed by atoms with Crippen LogP contribution in [0, 0.1) is 17.0 Å². The maximum atomic E-state index is 15.6. The fourth-order valence-electron chi connectivity index (χ4n) is 6.08. The van der Waals surface area contributed by atoms with Gasteiger partial charge in [-0.1, -0.05) is 45.0 Å². The number of nitrogens with two attached hydrogens (primary N) is 1. The third-order valence-electron chi connectivity index (χ3n) is 9.13. The Labute approximate surface area is 278 Å². The standard InChI is InChI=1S/C37H42F2N4O3S/c1-22(17-32(44)45)23-7-6-8-24(18-23)37(4)14-13-36(2,3)21-47-16-12-27-26-11-15-42-31(26)20-30(39)33(27)46-25-9-10-29(38)28(19-25)34(41-5)43-35(37)40/h6-11,15,18-20,22,42H,12-14,16-17,21H2,1-5H3,(H,44,45)(H2,40,41,43). The number of hydrogen-bond acceptors (Lipinski definition) is 5. The van der Waals surface area contributed by atoms with E-state index < -0.39 is 23.0 Å². The number of H-pyrrole nitrogens is 1. The zero-order valence-electron chi connectivity index (χ0n) is 27.5. The molecule has 47 heavy (non-hydrogen) atoms. The highest BCUT2D eigenvalue weighted by Crippen LogP contribution is 2.40. The lowest BCUT2D eigenvalue weighted by Gasteiger charge is -2.34. The van der Waals surface area contributed by atoms with Crippen LogP contribution >= 0.6 is 11.8 Å². The van der Waals surface area contributed by atoms with Gasteiger partial charge in [0.1, 0.15) is 17.4 Å². The molecule has 248 valence electrons. The van der Waals surface area contributed by atoms with Gasteiger partial charge in [-0.2, -0.15) is 11.8 Å². The van der Waals surface area contributed by atoms with E-state index in [1.165, 1.54) is 31.3 Å². The van der Waals surface area contributed by atoms with E-state index in [4.69, 9.17) is 15.5 Å². The first-order chi connectivity index (χ1) is 22.3. The van der Waals surface area contributed by atoms with Crippen molar-refractivity contribution in [3.05, 3.63) is 94.7 Å². The topological polar surface area (TPSA) is 113 Å². The molecule has 7 nitrogen and oxygen atoms in total. The van der Waals surface area contributed by atoms with Gasteiger partial charge < -0.3 is 20.6 Å². The Morgan fingerprint density at radius 1 is 1.13 bits per heavy atom. The Bertz CT molecular complexity index is 1850. The molecule has 0 fully saturated rings. The van der Waals surface area contributed by atoms with Crippen LogP contribution < -0.4 is 10.5 Å². The maximum Gasteiger partial charge on any atom is 0.303 e. The summed E-state index contributed by atoms with van der Waals surface area (Å²) in [6, 6.07) is 15.4. The lowest BCUT2D eigenvalue weighted by molar-refractivity contribution is -0.137. The highest BCUT2D eigenvalue weighted by atomic mass is 32.2. The summed E-state index contributed by atoms with van der Waals surface area (Å²) in [5.74, 6) is 0.135. The second-order valence-corrected chi connectivity index (χ2v) is 14.4. The van der Waals surface area contributed by atoms with Crippen molar-refractivity contribution in [3.8, 4) is 11.5 Å². The summed E-state index contributed by atoms with van der Waals surface area (Å²) < 4.78 is 37.2. The summed E-state index contributed by atoms with van der Waals surface area (Å²) >= 11 is 1.80. The largest absolute Gasteiger partial charge is 0.481 e. The molecule has 0 amide bonds. The van der Waals surface area contributed by atoms with Gasteiger partial charge in [-0.05, 0) is 84.4 Å². The molecule has 2 bridgehead atoms. The molecule has 5 rings (SSSR count). The van der Waals surface area contributed by atoms with Gasteiger partial charge in [0, 0.05) is 41.2 Å². The fraction of sp³-hybridized carbons (Fsp3) is 0.378. The van der Waals surface area contributed by atoms with Crippen molar-refractivity contribution in [2.24, 2.45) is 21.1 Å². The minimum Gasteiger partial charge on any atom is -0.481 e. The molecule has 0 saturated heterocycles. The van der Waals surface area contributed by atoms with E-state index in [9.17, 15) is 9.90 Å². The van der Waals surface area contributed by atoms with Crippen LogP contribution in [0.25, 0.3) is 10.9 Å². The molecule has 2 heterocycles. The van der Waals surface area contributed by atoms with Gasteiger partial charge in [-0.25, -0.2) is 13.8 Å². The van der Waals surface area contributed by atoms with Crippen LogP contribution in [0.2, 0.25) is 0 Å². The molecule has 1 aliphatic rings. The Morgan fingerprint density at radius 2 is 1.91 bits per heavy atom. The number of carbonyl (C=O) groups is 1. The molecule has 0 spiro atoms. The number of halogens is 2. The van der Waals surface area contributed by atoms with Crippen molar-refractivity contribution in [3.63, 3.8) is 0 Å². The van der Waals surface area contributed by atoms with Crippen molar-refractivity contribution in [2.75, 3.05) is 18.6 Å². The van der Waals surface area contributed by atoms with E-state index in [0.29, 0.717) is 18.4 Å². The predicted octanol–water partition coefficient (Wildman–Crippen LogP) is 8.60. The number of fused-ring (bicyclic) bond motifs is 5. The average molecular weight is 661 g/mol. The number of rotatable bonds is 4. The Kier molecular flexibility index (Phi) is 10.1. The summed E-state index contributed by atoms with van der Waals surface area (Å²) in [5.41, 5.74) is 9.29. The van der Waals surface area contributed by atoms with Gasteiger partial charge in [0.2, 0.25) is 0 Å². The molecule has 1 aromatic heterocycles. The second-order valence-electron chi connectivity index (χ2n) is 13.3. The number of hydrogen-bond donors (Lipinski definition) is 3. The number of aliphatic imine (C=N–C) groups is 2. The maximum absolute atomic E-state index is 15.6. The number of carboxylic acids is 1. The number of aromatic amines is 1. The van der Waals surface area contributed by atoms with Crippen LogP contribution in [-0.2, 0) is 16.6 Å². The zero-order chi connectivity index (χ0) is 33.9. The van der Waals surface area contributed by atoms with E-state index in [2.05, 4.69) is 23.8 Å². The Balaban J connectivity index is 1.63. The van der Waals surface area contributed by atoms with Crippen LogP contribution in [0.4, 0.5) is 8.78 Å². The second kappa shape index (κ2) is 13.9. The van der Waals surface area contributed by atoms with Crippen LogP contribution in [0.15, 0.2) is 70.8 Å². The minimum atomic E-state index is -0.865. The van der Waals surface area contributed by atoms with Crippen molar-refractivity contribution < 1.29 is 23.4 Å². The lowest BCUT2D eigenvalue weighted by Crippen LogP contribution is -2.40. The molecule has 0 saturated carbocycles. The summed E-state index contributed by atoms with van der Waals surface area (Å²) in [6.45, 7) is 8.34. The lowest BCUT2D eigenvalue weighted by atomic mass is 9.73. The van der Waals surface area contributed by atoms with E-state index in [1.807, 2.05) is 44.2 Å². The molecule has 3 aromatic carbocycles. The van der Waals surface area contributed by atoms with Crippen molar-refractivity contribution in [1.29, 1.82) is 0 Å². The monoisotopic (exact) mass is 660 g/mol. The molecule has 1 aliphatic heterocycles. The van der Waals surface area contributed by atoms with Gasteiger partial charge in [0.05, 0.1) is 12.0 Å². The summed E-state index contributed by atoms with van der Waals surface area (Å²) in [6.07, 6.45) is 3.79. The van der Waals surface area contributed by atoms with Crippen LogP contribution in [0.1, 0.15) is 75.1 Å². The number of thioether (sulfide) groups is 1. The molecule has 4 N–H and O–H groups in total. The first-order valence-electron chi connectivity index (χ1n) is 15.8. The first kappa shape index (κ1) is 34.2. The van der Waals surface area contributed by atoms with Crippen LogP contribution in [-0.4, -0.2) is 46.3 Å². The third-order valence-corrected chi connectivity index (χ3v) is 10.6. The summed E-state index contributed by atoms with van der Waals surface area (Å²) in [5, 5.41) is 10.3. The Morgan fingerprint density at radius 3 is 2.66 bits per heavy atom. The number of amidine groups is 2.